The Morgan fingerprint density at radius 1 is 1.21 bits per heavy atom. The molecule has 0 saturated heterocycles. The first kappa shape index (κ1) is 15.0. The van der Waals surface area contributed by atoms with Crippen molar-refractivity contribution in [3.8, 4) is 0 Å². The molecule has 0 bridgehead atoms. The molecule has 0 unspecified atom stereocenters. The van der Waals surface area contributed by atoms with Crippen LogP contribution < -0.4 is 0 Å². The van der Waals surface area contributed by atoms with Crippen LogP contribution in [0.25, 0.3) is 0 Å². The molecule has 0 aliphatic rings. The molecule has 1 heterocycles. The molecule has 0 atom stereocenters. The summed E-state index contributed by atoms with van der Waals surface area (Å²) in [6.07, 6.45) is 0. The number of hydrogen-bond acceptors (Lipinski definition) is 3. The van der Waals surface area contributed by atoms with Crippen LogP contribution >= 0.6 is 38.9 Å². The van der Waals surface area contributed by atoms with Crippen molar-refractivity contribution in [2.45, 2.75) is 10.8 Å². The average Bonchev–Trinajstić information content (AvgIpc) is 2.79. The molecule has 0 saturated carbocycles. The highest BCUT2D eigenvalue weighted by Gasteiger charge is 2.22. The van der Waals surface area contributed by atoms with E-state index < -0.39 is 10.0 Å². The topological polar surface area (TPSA) is 37.4 Å². The van der Waals surface area contributed by atoms with Crippen molar-refractivity contribution in [1.82, 2.24) is 4.31 Å². The largest absolute Gasteiger partial charge is 0.252 e. The van der Waals surface area contributed by atoms with Gasteiger partial charge < -0.3 is 0 Å². The van der Waals surface area contributed by atoms with Gasteiger partial charge in [-0.3, -0.25) is 0 Å². The van der Waals surface area contributed by atoms with Crippen LogP contribution in [0.4, 0.5) is 0 Å². The van der Waals surface area contributed by atoms with E-state index in [0.717, 1.165) is 9.35 Å². The van der Waals surface area contributed by atoms with Crippen molar-refractivity contribution in [2.24, 2.45) is 0 Å². The second-order valence-corrected chi connectivity index (χ2v) is 9.12. The summed E-state index contributed by atoms with van der Waals surface area (Å²) in [7, 11) is -1.87. The second kappa shape index (κ2) is 5.93. The molecule has 0 spiro atoms. The number of sulfonamides is 1. The summed E-state index contributed by atoms with van der Waals surface area (Å²) in [5.74, 6) is 0. The number of rotatable bonds is 4. The van der Waals surface area contributed by atoms with Gasteiger partial charge >= 0.3 is 0 Å². The Kier molecular flexibility index (Phi) is 4.68. The second-order valence-electron chi connectivity index (χ2n) is 3.95. The lowest BCUT2D eigenvalue weighted by Crippen LogP contribution is -2.25. The zero-order valence-corrected chi connectivity index (χ0v) is 14.0. The molecule has 0 amide bonds. The quantitative estimate of drug-likeness (QED) is 0.804. The van der Waals surface area contributed by atoms with Gasteiger partial charge in [0.1, 0.15) is 4.21 Å². The van der Waals surface area contributed by atoms with Crippen molar-refractivity contribution < 1.29 is 8.42 Å². The lowest BCUT2D eigenvalue weighted by molar-refractivity contribution is 0.468. The Bertz CT molecular complexity index is 667. The predicted octanol–water partition coefficient (Wildman–Crippen LogP) is 3.98. The fourth-order valence-corrected chi connectivity index (χ4v) is 5.03. The van der Waals surface area contributed by atoms with Gasteiger partial charge in [-0.25, -0.2) is 8.42 Å². The molecule has 2 rings (SSSR count). The highest BCUT2D eigenvalue weighted by Crippen LogP contribution is 2.28. The third kappa shape index (κ3) is 3.58. The smallest absolute Gasteiger partial charge is 0.206 e. The number of halogens is 2. The zero-order chi connectivity index (χ0) is 14.0. The monoisotopic (exact) mass is 379 g/mol. The van der Waals surface area contributed by atoms with E-state index >= 15 is 0 Å². The fourth-order valence-electron chi connectivity index (χ4n) is 1.52. The van der Waals surface area contributed by atoms with Crippen LogP contribution in [0, 0.1) is 0 Å². The minimum Gasteiger partial charge on any atom is -0.206 e. The van der Waals surface area contributed by atoms with Crippen LogP contribution in [0.1, 0.15) is 5.56 Å². The maximum atomic E-state index is 12.3. The van der Waals surface area contributed by atoms with Crippen LogP contribution in [-0.4, -0.2) is 19.8 Å². The van der Waals surface area contributed by atoms with Gasteiger partial charge in [-0.1, -0.05) is 23.7 Å². The van der Waals surface area contributed by atoms with Crippen LogP contribution in [0.3, 0.4) is 0 Å². The van der Waals surface area contributed by atoms with Crippen molar-refractivity contribution in [3.05, 3.63) is 50.8 Å². The molecular formula is C12H11BrClNO2S2. The highest BCUT2D eigenvalue weighted by molar-refractivity contribution is 9.11. The molecule has 0 fully saturated rings. The summed E-state index contributed by atoms with van der Waals surface area (Å²) in [6.45, 7) is 0.315. The van der Waals surface area contributed by atoms with E-state index in [1.54, 1.807) is 31.3 Å². The molecule has 102 valence electrons. The van der Waals surface area contributed by atoms with Gasteiger partial charge in [0, 0.05) is 18.6 Å². The van der Waals surface area contributed by atoms with E-state index in [-0.39, 0.29) is 0 Å². The zero-order valence-electron chi connectivity index (χ0n) is 10.0. The van der Waals surface area contributed by atoms with Crippen LogP contribution in [-0.2, 0) is 16.6 Å². The summed E-state index contributed by atoms with van der Waals surface area (Å²) >= 11 is 10.3. The van der Waals surface area contributed by atoms with Crippen molar-refractivity contribution in [2.75, 3.05) is 7.05 Å². The van der Waals surface area contributed by atoms with Gasteiger partial charge in [0.05, 0.1) is 3.79 Å². The maximum Gasteiger partial charge on any atom is 0.252 e. The Morgan fingerprint density at radius 2 is 1.84 bits per heavy atom. The minimum atomic E-state index is -3.44. The SMILES string of the molecule is CN(Cc1ccc(Cl)cc1)S(=O)(=O)c1ccc(Br)s1. The Labute approximate surface area is 130 Å². The van der Waals surface area contributed by atoms with Gasteiger partial charge in [-0.05, 0) is 45.8 Å². The Balaban J connectivity index is 2.19. The van der Waals surface area contributed by atoms with Gasteiger partial charge in [0.2, 0.25) is 0 Å². The first-order valence-corrected chi connectivity index (χ1v) is 8.78. The van der Waals surface area contributed by atoms with Gasteiger partial charge in [0.15, 0.2) is 0 Å². The number of thiophene rings is 1. The summed E-state index contributed by atoms with van der Waals surface area (Å²) in [4.78, 5) is 0. The predicted molar refractivity (Wildman–Crippen MR) is 82.1 cm³/mol. The van der Waals surface area contributed by atoms with Gasteiger partial charge in [0.25, 0.3) is 10.0 Å². The van der Waals surface area contributed by atoms with E-state index in [2.05, 4.69) is 15.9 Å². The van der Waals surface area contributed by atoms with Crippen LogP contribution in [0.2, 0.25) is 5.02 Å². The van der Waals surface area contributed by atoms with Crippen molar-refractivity contribution in [1.29, 1.82) is 0 Å². The molecule has 0 radical (unpaired) electrons. The first-order chi connectivity index (χ1) is 8.89. The molecular weight excluding hydrogens is 370 g/mol. The summed E-state index contributed by atoms with van der Waals surface area (Å²) in [6, 6.07) is 10.5. The molecule has 1 aromatic carbocycles. The molecule has 2 aromatic rings. The number of benzene rings is 1. The van der Waals surface area contributed by atoms with E-state index in [1.807, 2.05) is 12.1 Å². The number of hydrogen-bond donors (Lipinski definition) is 0. The van der Waals surface area contributed by atoms with E-state index in [4.69, 9.17) is 11.6 Å². The van der Waals surface area contributed by atoms with E-state index in [1.165, 1.54) is 15.6 Å². The maximum absolute atomic E-state index is 12.3. The third-order valence-electron chi connectivity index (χ3n) is 2.53. The van der Waals surface area contributed by atoms with Crippen LogP contribution in [0.15, 0.2) is 44.4 Å². The fraction of sp³-hybridized carbons (Fsp3) is 0.167. The Hall–Kier alpha value is -0.400. The normalized spacial score (nSPS) is 12.0. The van der Waals surface area contributed by atoms with Crippen molar-refractivity contribution >= 4 is 48.9 Å². The highest BCUT2D eigenvalue weighted by atomic mass is 79.9. The standard InChI is InChI=1S/C12H11BrClNO2S2/c1-15(8-9-2-4-10(14)5-3-9)19(16,17)12-7-6-11(13)18-12/h2-7H,8H2,1H3. The van der Waals surface area contributed by atoms with Gasteiger partial charge in [-0.15, -0.1) is 11.3 Å². The molecule has 1 aromatic heterocycles. The molecule has 3 nitrogen and oxygen atoms in total. The molecule has 0 aliphatic heterocycles. The summed E-state index contributed by atoms with van der Waals surface area (Å²) in [5.41, 5.74) is 0.895. The molecule has 0 N–H and O–H groups in total. The average molecular weight is 381 g/mol. The van der Waals surface area contributed by atoms with E-state index in [0.29, 0.717) is 15.8 Å². The molecule has 7 heteroatoms. The molecule has 19 heavy (non-hydrogen) atoms. The lowest BCUT2D eigenvalue weighted by atomic mass is 10.2. The van der Waals surface area contributed by atoms with E-state index in [9.17, 15) is 8.42 Å². The Morgan fingerprint density at radius 3 is 2.37 bits per heavy atom. The summed E-state index contributed by atoms with van der Waals surface area (Å²) in [5, 5.41) is 0.636. The molecule has 0 aliphatic carbocycles. The van der Waals surface area contributed by atoms with Crippen molar-refractivity contribution in [3.63, 3.8) is 0 Å². The number of nitrogens with zero attached hydrogens (tertiary/aromatic N) is 1. The minimum absolute atomic E-state index is 0.315. The summed E-state index contributed by atoms with van der Waals surface area (Å²) < 4.78 is 27.1. The third-order valence-corrected chi connectivity index (χ3v) is 6.68. The first-order valence-electron chi connectivity index (χ1n) is 5.36. The lowest BCUT2D eigenvalue weighted by Gasteiger charge is -2.16. The van der Waals surface area contributed by atoms with Gasteiger partial charge in [-0.2, -0.15) is 4.31 Å². The van der Waals surface area contributed by atoms with Crippen LogP contribution in [0.5, 0.6) is 0 Å².